The number of nitrogens with zero attached hydrogens (tertiary/aromatic N) is 2. The lowest BCUT2D eigenvalue weighted by Crippen LogP contribution is -2.11. The second kappa shape index (κ2) is 3.32. The summed E-state index contributed by atoms with van der Waals surface area (Å²) in [5.41, 5.74) is 2.32. The van der Waals surface area contributed by atoms with Crippen LogP contribution < -0.4 is 0 Å². The number of aryl methyl sites for hydroxylation is 1. The molecule has 0 saturated carbocycles. The molecule has 0 N–H and O–H groups in total. The summed E-state index contributed by atoms with van der Waals surface area (Å²) >= 11 is 0. The number of fused-ring (bicyclic) bond motifs is 1. The molecule has 2 nitrogen and oxygen atoms in total. The number of allylic oxidation sites excluding steroid dienone is 1. The van der Waals surface area contributed by atoms with Crippen LogP contribution in [0.15, 0.2) is 12.3 Å². The van der Waals surface area contributed by atoms with Gasteiger partial charge in [-0.25, -0.2) is 4.39 Å². The standard InChI is InChI=1S/C10H13FN2/c1-8(11)7-13-10-5-3-2-4-9(10)6-12-13/h3,5-6,8H,2,4,7H2,1H3. The Labute approximate surface area is 77.1 Å². The molecule has 0 saturated heterocycles. The van der Waals surface area contributed by atoms with Gasteiger partial charge in [0.25, 0.3) is 0 Å². The van der Waals surface area contributed by atoms with Gasteiger partial charge < -0.3 is 0 Å². The molecule has 0 aliphatic heterocycles. The zero-order chi connectivity index (χ0) is 9.26. The van der Waals surface area contributed by atoms with Crippen molar-refractivity contribution in [2.75, 3.05) is 0 Å². The first-order valence-electron chi connectivity index (χ1n) is 4.62. The van der Waals surface area contributed by atoms with Crippen molar-refractivity contribution < 1.29 is 4.39 Å². The van der Waals surface area contributed by atoms with Crippen LogP contribution in [-0.2, 0) is 13.0 Å². The minimum absolute atomic E-state index is 0.361. The summed E-state index contributed by atoms with van der Waals surface area (Å²) in [5.74, 6) is 0. The van der Waals surface area contributed by atoms with Crippen molar-refractivity contribution in [1.82, 2.24) is 9.78 Å². The minimum atomic E-state index is -0.834. The van der Waals surface area contributed by atoms with Gasteiger partial charge in [0.05, 0.1) is 18.4 Å². The predicted molar refractivity (Wildman–Crippen MR) is 50.2 cm³/mol. The summed E-state index contributed by atoms with van der Waals surface area (Å²) in [5, 5.41) is 4.16. The molecule has 1 aromatic heterocycles. The average Bonchev–Trinajstić information content (AvgIpc) is 2.48. The Morgan fingerprint density at radius 2 is 2.54 bits per heavy atom. The molecule has 1 aliphatic carbocycles. The fourth-order valence-electron chi connectivity index (χ4n) is 1.64. The maximum atomic E-state index is 12.7. The number of rotatable bonds is 2. The Morgan fingerprint density at radius 1 is 1.69 bits per heavy atom. The Hall–Kier alpha value is -1.12. The highest BCUT2D eigenvalue weighted by Gasteiger charge is 2.12. The third kappa shape index (κ3) is 1.64. The molecule has 0 spiro atoms. The zero-order valence-electron chi connectivity index (χ0n) is 7.70. The molecule has 1 unspecified atom stereocenters. The van der Waals surface area contributed by atoms with Crippen LogP contribution in [0.4, 0.5) is 4.39 Å². The van der Waals surface area contributed by atoms with Crippen LogP contribution in [0.3, 0.4) is 0 Å². The van der Waals surface area contributed by atoms with Crippen molar-refractivity contribution in [3.8, 4) is 0 Å². The molecule has 70 valence electrons. The lowest BCUT2D eigenvalue weighted by atomic mass is 10.1. The lowest BCUT2D eigenvalue weighted by molar-refractivity contribution is 0.308. The summed E-state index contributed by atoms with van der Waals surface area (Å²) in [7, 11) is 0. The van der Waals surface area contributed by atoms with E-state index in [9.17, 15) is 4.39 Å². The molecule has 0 bridgehead atoms. The summed E-state index contributed by atoms with van der Waals surface area (Å²) in [6.07, 6.45) is 7.27. The highest BCUT2D eigenvalue weighted by atomic mass is 19.1. The Bertz CT molecular complexity index is 326. The molecule has 0 radical (unpaired) electrons. The van der Waals surface area contributed by atoms with Crippen molar-refractivity contribution in [2.24, 2.45) is 0 Å². The lowest BCUT2D eigenvalue weighted by Gasteiger charge is -2.09. The second-order valence-corrected chi connectivity index (χ2v) is 3.46. The summed E-state index contributed by atoms with van der Waals surface area (Å²) in [6, 6.07) is 0. The first-order valence-corrected chi connectivity index (χ1v) is 4.62. The van der Waals surface area contributed by atoms with Crippen molar-refractivity contribution in [1.29, 1.82) is 0 Å². The maximum absolute atomic E-state index is 12.7. The molecule has 2 rings (SSSR count). The number of halogens is 1. The van der Waals surface area contributed by atoms with Crippen LogP contribution in [0.5, 0.6) is 0 Å². The molecule has 1 heterocycles. The van der Waals surface area contributed by atoms with Gasteiger partial charge in [0.15, 0.2) is 0 Å². The topological polar surface area (TPSA) is 17.8 Å². The van der Waals surface area contributed by atoms with Crippen LogP contribution in [0.25, 0.3) is 6.08 Å². The van der Waals surface area contributed by atoms with Crippen molar-refractivity contribution in [2.45, 2.75) is 32.5 Å². The third-order valence-corrected chi connectivity index (χ3v) is 2.24. The third-order valence-electron chi connectivity index (χ3n) is 2.24. The number of aromatic nitrogens is 2. The van der Waals surface area contributed by atoms with E-state index in [1.165, 1.54) is 5.56 Å². The SMILES string of the molecule is CC(F)Cn1ncc2c1C=CCC2. The monoisotopic (exact) mass is 180 g/mol. The van der Waals surface area contributed by atoms with E-state index in [1.54, 1.807) is 11.6 Å². The van der Waals surface area contributed by atoms with Gasteiger partial charge in [-0.15, -0.1) is 0 Å². The van der Waals surface area contributed by atoms with Gasteiger partial charge in [-0.1, -0.05) is 6.08 Å². The molecule has 1 aliphatic rings. The van der Waals surface area contributed by atoms with Crippen molar-refractivity contribution >= 4 is 6.08 Å². The van der Waals surface area contributed by atoms with E-state index in [2.05, 4.69) is 11.2 Å². The van der Waals surface area contributed by atoms with E-state index in [0.717, 1.165) is 18.5 Å². The smallest absolute Gasteiger partial charge is 0.117 e. The largest absolute Gasteiger partial charge is 0.262 e. The van der Waals surface area contributed by atoms with Gasteiger partial charge in [0.1, 0.15) is 6.17 Å². The molecule has 0 amide bonds. The predicted octanol–water partition coefficient (Wildman–Crippen LogP) is 2.20. The van der Waals surface area contributed by atoms with Gasteiger partial charge >= 0.3 is 0 Å². The van der Waals surface area contributed by atoms with E-state index >= 15 is 0 Å². The van der Waals surface area contributed by atoms with Crippen LogP contribution in [0, 0.1) is 0 Å². The molecule has 1 atom stereocenters. The van der Waals surface area contributed by atoms with Crippen LogP contribution in [-0.4, -0.2) is 16.0 Å². The van der Waals surface area contributed by atoms with E-state index in [0.29, 0.717) is 6.54 Å². The molecule has 13 heavy (non-hydrogen) atoms. The summed E-state index contributed by atoms with van der Waals surface area (Å²) < 4.78 is 14.5. The maximum Gasteiger partial charge on any atom is 0.117 e. The fourth-order valence-corrected chi connectivity index (χ4v) is 1.64. The Kier molecular flexibility index (Phi) is 2.17. The first kappa shape index (κ1) is 8.48. The Balaban J connectivity index is 2.28. The van der Waals surface area contributed by atoms with Gasteiger partial charge in [-0.05, 0) is 31.4 Å². The highest BCUT2D eigenvalue weighted by molar-refractivity contribution is 5.51. The van der Waals surface area contributed by atoms with Crippen molar-refractivity contribution in [3.63, 3.8) is 0 Å². The van der Waals surface area contributed by atoms with E-state index < -0.39 is 6.17 Å². The summed E-state index contributed by atoms with van der Waals surface area (Å²) in [4.78, 5) is 0. The van der Waals surface area contributed by atoms with Crippen LogP contribution in [0.1, 0.15) is 24.6 Å². The van der Waals surface area contributed by atoms with Crippen molar-refractivity contribution in [3.05, 3.63) is 23.5 Å². The fraction of sp³-hybridized carbons (Fsp3) is 0.500. The molecular formula is C10H13FN2. The van der Waals surface area contributed by atoms with Crippen LogP contribution >= 0.6 is 0 Å². The van der Waals surface area contributed by atoms with E-state index in [-0.39, 0.29) is 0 Å². The normalized spacial score (nSPS) is 17.1. The van der Waals surface area contributed by atoms with Gasteiger partial charge in [0.2, 0.25) is 0 Å². The van der Waals surface area contributed by atoms with E-state index in [1.807, 2.05) is 12.3 Å². The molecule has 3 heteroatoms. The molecule has 0 aromatic carbocycles. The molecule has 1 aromatic rings. The zero-order valence-corrected chi connectivity index (χ0v) is 7.70. The molecular weight excluding hydrogens is 167 g/mol. The summed E-state index contributed by atoms with van der Waals surface area (Å²) in [6.45, 7) is 1.92. The second-order valence-electron chi connectivity index (χ2n) is 3.46. The van der Waals surface area contributed by atoms with Gasteiger partial charge in [-0.2, -0.15) is 5.10 Å². The highest BCUT2D eigenvalue weighted by Crippen LogP contribution is 2.18. The number of hydrogen-bond donors (Lipinski definition) is 0. The molecule has 0 fully saturated rings. The number of alkyl halides is 1. The minimum Gasteiger partial charge on any atom is -0.262 e. The first-order chi connectivity index (χ1) is 6.27. The van der Waals surface area contributed by atoms with Gasteiger partial charge in [-0.3, -0.25) is 4.68 Å². The average molecular weight is 180 g/mol. The van der Waals surface area contributed by atoms with E-state index in [4.69, 9.17) is 0 Å². The van der Waals surface area contributed by atoms with Gasteiger partial charge in [0, 0.05) is 0 Å². The Morgan fingerprint density at radius 3 is 3.31 bits per heavy atom. The number of hydrogen-bond acceptors (Lipinski definition) is 1. The quantitative estimate of drug-likeness (QED) is 0.682. The van der Waals surface area contributed by atoms with Crippen LogP contribution in [0.2, 0.25) is 0 Å².